The number of nitrogens with one attached hydrogen (secondary N) is 2. The number of carbonyl (C=O) groups excluding carboxylic acids is 1. The summed E-state index contributed by atoms with van der Waals surface area (Å²) in [5.41, 5.74) is 1.63. The largest absolute Gasteiger partial charge is 0.481 e. The Hall–Kier alpha value is -2.86. The second-order valence-electron chi connectivity index (χ2n) is 5.29. The van der Waals surface area contributed by atoms with E-state index < -0.39 is 17.9 Å². The zero-order valence-electron chi connectivity index (χ0n) is 12.5. The molecule has 0 radical (unpaired) electrons. The summed E-state index contributed by atoms with van der Waals surface area (Å²) in [4.78, 5) is 23.7. The highest BCUT2D eigenvalue weighted by Gasteiger charge is 2.21. The maximum Gasteiger partial charge on any atom is 0.305 e. The van der Waals surface area contributed by atoms with Gasteiger partial charge in [-0.1, -0.05) is 41.9 Å². The minimum atomic E-state index is -1.01. The van der Waals surface area contributed by atoms with Crippen molar-refractivity contribution >= 4 is 34.4 Å². The number of para-hydroxylation sites is 1. The molecule has 0 saturated heterocycles. The molecule has 2 aromatic carbocycles. The standard InChI is InChI=1S/C17H14ClN3O3/c18-11-7-5-10(6-8-11)14(9-15(22)23)19-17(24)16-12-3-1-2-4-13(12)20-21-16/h1-8,14H,9H2,(H,19,24)(H,20,21)(H,22,23). The van der Waals surface area contributed by atoms with Gasteiger partial charge in [0.05, 0.1) is 18.0 Å². The van der Waals surface area contributed by atoms with Gasteiger partial charge in [0.15, 0.2) is 5.69 Å². The first-order chi connectivity index (χ1) is 11.5. The number of nitrogens with zero attached hydrogens (tertiary/aromatic N) is 1. The molecule has 7 heteroatoms. The van der Waals surface area contributed by atoms with Crippen LogP contribution in [0.25, 0.3) is 10.9 Å². The van der Waals surface area contributed by atoms with Crippen molar-refractivity contribution in [2.45, 2.75) is 12.5 Å². The molecule has 0 bridgehead atoms. The number of hydrogen-bond acceptors (Lipinski definition) is 3. The molecule has 1 unspecified atom stereocenters. The summed E-state index contributed by atoms with van der Waals surface area (Å²) in [6.07, 6.45) is -0.240. The number of fused-ring (bicyclic) bond motifs is 1. The number of H-pyrrole nitrogens is 1. The molecule has 1 atom stereocenters. The second-order valence-corrected chi connectivity index (χ2v) is 5.73. The molecular formula is C17H14ClN3O3. The van der Waals surface area contributed by atoms with Gasteiger partial charge in [0.25, 0.3) is 5.91 Å². The molecule has 24 heavy (non-hydrogen) atoms. The van der Waals surface area contributed by atoms with E-state index in [0.29, 0.717) is 16.0 Å². The smallest absolute Gasteiger partial charge is 0.305 e. The van der Waals surface area contributed by atoms with Crippen molar-refractivity contribution in [3.05, 3.63) is 64.8 Å². The van der Waals surface area contributed by atoms with Crippen LogP contribution in [0.15, 0.2) is 48.5 Å². The average Bonchev–Trinajstić information content (AvgIpc) is 2.98. The minimum Gasteiger partial charge on any atom is -0.481 e. The Morgan fingerprint density at radius 2 is 1.88 bits per heavy atom. The van der Waals surface area contributed by atoms with E-state index in [1.807, 2.05) is 18.2 Å². The lowest BCUT2D eigenvalue weighted by atomic mass is 10.0. The highest BCUT2D eigenvalue weighted by atomic mass is 35.5. The molecule has 0 aliphatic carbocycles. The van der Waals surface area contributed by atoms with Gasteiger partial charge in [0, 0.05) is 10.4 Å². The van der Waals surface area contributed by atoms with Crippen LogP contribution in [0, 0.1) is 0 Å². The van der Waals surface area contributed by atoms with Crippen molar-refractivity contribution in [1.82, 2.24) is 15.5 Å². The Bertz CT molecular complexity index is 889. The maximum atomic E-state index is 12.5. The molecule has 6 nitrogen and oxygen atoms in total. The van der Waals surface area contributed by atoms with E-state index in [2.05, 4.69) is 15.5 Å². The average molecular weight is 344 g/mol. The van der Waals surface area contributed by atoms with E-state index in [1.165, 1.54) is 0 Å². The van der Waals surface area contributed by atoms with Crippen molar-refractivity contribution in [3.63, 3.8) is 0 Å². The fourth-order valence-electron chi connectivity index (χ4n) is 2.49. The Kier molecular flexibility index (Phi) is 4.48. The molecule has 0 spiro atoms. The third kappa shape index (κ3) is 3.38. The predicted octanol–water partition coefficient (Wildman–Crippen LogP) is 3.16. The molecule has 0 aliphatic rings. The summed E-state index contributed by atoms with van der Waals surface area (Å²) in [5, 5.41) is 19.9. The molecular weight excluding hydrogens is 330 g/mol. The van der Waals surface area contributed by atoms with Gasteiger partial charge in [-0.05, 0) is 23.8 Å². The van der Waals surface area contributed by atoms with Crippen LogP contribution in [0.5, 0.6) is 0 Å². The number of aromatic nitrogens is 2. The van der Waals surface area contributed by atoms with Gasteiger partial charge in [-0.2, -0.15) is 5.10 Å². The normalized spacial score (nSPS) is 12.0. The lowest BCUT2D eigenvalue weighted by Crippen LogP contribution is -2.30. The fraction of sp³-hybridized carbons (Fsp3) is 0.118. The maximum absolute atomic E-state index is 12.5. The highest BCUT2D eigenvalue weighted by Crippen LogP contribution is 2.21. The van der Waals surface area contributed by atoms with Crippen LogP contribution in [0.3, 0.4) is 0 Å². The SMILES string of the molecule is O=C(O)CC(NC(=O)c1n[nH]c2ccccc12)c1ccc(Cl)cc1. The molecule has 1 amide bonds. The number of rotatable bonds is 5. The van der Waals surface area contributed by atoms with Gasteiger partial charge in [-0.3, -0.25) is 14.7 Å². The van der Waals surface area contributed by atoms with E-state index in [4.69, 9.17) is 16.7 Å². The van der Waals surface area contributed by atoms with Crippen LogP contribution in [0.2, 0.25) is 5.02 Å². The highest BCUT2D eigenvalue weighted by molar-refractivity contribution is 6.30. The number of benzene rings is 2. The third-order valence-electron chi connectivity index (χ3n) is 3.64. The molecule has 0 fully saturated rings. The Labute approximate surface area is 142 Å². The van der Waals surface area contributed by atoms with E-state index in [-0.39, 0.29) is 12.1 Å². The van der Waals surface area contributed by atoms with Gasteiger partial charge < -0.3 is 10.4 Å². The first-order valence-electron chi connectivity index (χ1n) is 7.26. The number of carbonyl (C=O) groups is 2. The summed E-state index contributed by atoms with van der Waals surface area (Å²) in [5.74, 6) is -1.45. The minimum absolute atomic E-state index is 0.231. The molecule has 3 N–H and O–H groups in total. The lowest BCUT2D eigenvalue weighted by molar-refractivity contribution is -0.137. The van der Waals surface area contributed by atoms with Crippen LogP contribution < -0.4 is 5.32 Å². The molecule has 3 rings (SSSR count). The van der Waals surface area contributed by atoms with E-state index >= 15 is 0 Å². The second kappa shape index (κ2) is 6.72. The van der Waals surface area contributed by atoms with Crippen LogP contribution in [-0.2, 0) is 4.79 Å². The van der Waals surface area contributed by atoms with Crippen molar-refractivity contribution in [3.8, 4) is 0 Å². The number of amides is 1. The summed E-state index contributed by atoms with van der Waals surface area (Å²) in [7, 11) is 0. The van der Waals surface area contributed by atoms with Crippen molar-refractivity contribution in [2.75, 3.05) is 0 Å². The monoisotopic (exact) mass is 343 g/mol. The predicted molar refractivity (Wildman–Crippen MR) is 90.0 cm³/mol. The zero-order valence-corrected chi connectivity index (χ0v) is 13.2. The number of aromatic amines is 1. The summed E-state index contributed by atoms with van der Waals surface area (Å²) in [6, 6.07) is 13.3. The number of halogens is 1. The molecule has 3 aromatic rings. The first-order valence-corrected chi connectivity index (χ1v) is 7.63. The third-order valence-corrected chi connectivity index (χ3v) is 3.89. The molecule has 0 saturated carbocycles. The first kappa shape index (κ1) is 16.0. The quantitative estimate of drug-likeness (QED) is 0.663. The number of carboxylic acids is 1. The lowest BCUT2D eigenvalue weighted by Gasteiger charge is -2.17. The van der Waals surface area contributed by atoms with Crippen molar-refractivity contribution < 1.29 is 14.7 Å². The molecule has 1 aromatic heterocycles. The summed E-state index contributed by atoms with van der Waals surface area (Å²) < 4.78 is 0. The number of hydrogen-bond donors (Lipinski definition) is 3. The van der Waals surface area contributed by atoms with E-state index in [9.17, 15) is 9.59 Å². The van der Waals surface area contributed by atoms with Gasteiger partial charge in [0.2, 0.25) is 0 Å². The van der Waals surface area contributed by atoms with Gasteiger partial charge in [0.1, 0.15) is 0 Å². The van der Waals surface area contributed by atoms with Crippen LogP contribution in [-0.4, -0.2) is 27.2 Å². The molecule has 0 aliphatic heterocycles. The van der Waals surface area contributed by atoms with Gasteiger partial charge in [-0.15, -0.1) is 0 Å². The molecule has 1 heterocycles. The van der Waals surface area contributed by atoms with Crippen molar-refractivity contribution in [2.24, 2.45) is 0 Å². The molecule has 122 valence electrons. The van der Waals surface area contributed by atoms with Crippen LogP contribution in [0.1, 0.15) is 28.5 Å². The Morgan fingerprint density at radius 3 is 2.58 bits per heavy atom. The Balaban J connectivity index is 1.87. The Morgan fingerprint density at radius 1 is 1.17 bits per heavy atom. The fourth-order valence-corrected chi connectivity index (χ4v) is 2.61. The van der Waals surface area contributed by atoms with Gasteiger partial charge >= 0.3 is 5.97 Å². The topological polar surface area (TPSA) is 95.1 Å². The van der Waals surface area contributed by atoms with E-state index in [1.54, 1.807) is 30.3 Å². The summed E-state index contributed by atoms with van der Waals surface area (Å²) >= 11 is 5.86. The van der Waals surface area contributed by atoms with Gasteiger partial charge in [-0.25, -0.2) is 0 Å². The number of aliphatic carboxylic acids is 1. The zero-order chi connectivity index (χ0) is 17.1. The van der Waals surface area contributed by atoms with E-state index in [0.717, 1.165) is 5.52 Å². The van der Waals surface area contributed by atoms with Crippen LogP contribution in [0.4, 0.5) is 0 Å². The van der Waals surface area contributed by atoms with Crippen molar-refractivity contribution in [1.29, 1.82) is 0 Å². The summed E-state index contributed by atoms with van der Waals surface area (Å²) in [6.45, 7) is 0. The van der Waals surface area contributed by atoms with Crippen LogP contribution >= 0.6 is 11.6 Å². The number of carboxylic acid groups (broad SMARTS) is 1.